The van der Waals surface area contributed by atoms with Crippen LogP contribution in [0, 0.1) is 0 Å². The molecule has 2 N–H and O–H groups in total. The van der Waals surface area contributed by atoms with Crippen LogP contribution in [0.2, 0.25) is 0 Å². The van der Waals surface area contributed by atoms with E-state index in [9.17, 15) is 9.90 Å². The molecule has 0 fully saturated rings. The molecule has 0 radical (unpaired) electrons. The molecule has 6 heteroatoms. The number of esters is 1. The largest absolute Gasteiger partial charge is 0.497 e. The van der Waals surface area contributed by atoms with Gasteiger partial charge in [0.05, 0.1) is 24.9 Å². The van der Waals surface area contributed by atoms with Crippen molar-refractivity contribution < 1.29 is 19.4 Å². The second-order valence-electron chi connectivity index (χ2n) is 4.78. The highest BCUT2D eigenvalue weighted by atomic mass is 16.5. The first-order valence-corrected chi connectivity index (χ1v) is 6.73. The molecule has 0 amide bonds. The lowest BCUT2D eigenvalue weighted by Gasteiger charge is -2.10. The van der Waals surface area contributed by atoms with Gasteiger partial charge < -0.3 is 14.6 Å². The molecular formula is C15H16N2O4. The number of rotatable bonds is 3. The molecule has 1 aromatic heterocycles. The van der Waals surface area contributed by atoms with Crippen molar-refractivity contribution in [3.63, 3.8) is 0 Å². The minimum Gasteiger partial charge on any atom is -0.497 e. The Hall–Kier alpha value is -2.18. The molecule has 2 aromatic rings. The third-order valence-corrected chi connectivity index (χ3v) is 3.50. The van der Waals surface area contributed by atoms with E-state index in [-0.39, 0.29) is 6.61 Å². The van der Waals surface area contributed by atoms with Crippen LogP contribution in [0.4, 0.5) is 0 Å². The Balaban J connectivity index is 2.09. The molecule has 2 heterocycles. The van der Waals surface area contributed by atoms with E-state index >= 15 is 0 Å². The lowest BCUT2D eigenvalue weighted by molar-refractivity contribution is -0.146. The summed E-state index contributed by atoms with van der Waals surface area (Å²) in [5.41, 5.74) is 1.84. The second kappa shape index (κ2) is 5.31. The maximum absolute atomic E-state index is 11.9. The van der Waals surface area contributed by atoms with Gasteiger partial charge in [0, 0.05) is 10.9 Å². The van der Waals surface area contributed by atoms with Crippen molar-refractivity contribution in [1.82, 2.24) is 10.3 Å². The highest BCUT2D eigenvalue weighted by Crippen LogP contribution is 2.34. The van der Waals surface area contributed by atoms with Crippen molar-refractivity contribution >= 4 is 16.9 Å². The molecule has 1 aliphatic rings. The zero-order valence-corrected chi connectivity index (χ0v) is 11.8. The van der Waals surface area contributed by atoms with Gasteiger partial charge >= 0.3 is 5.97 Å². The molecule has 0 saturated heterocycles. The Bertz CT molecular complexity index is 701. The molecule has 0 bridgehead atoms. The van der Waals surface area contributed by atoms with E-state index in [0.29, 0.717) is 17.0 Å². The van der Waals surface area contributed by atoms with Crippen molar-refractivity contribution in [1.29, 1.82) is 0 Å². The van der Waals surface area contributed by atoms with Crippen LogP contribution in [-0.2, 0) is 9.53 Å². The van der Waals surface area contributed by atoms with Crippen LogP contribution in [-0.4, -0.2) is 29.8 Å². The van der Waals surface area contributed by atoms with E-state index in [1.807, 2.05) is 18.2 Å². The number of nitrogens with zero attached hydrogens (tertiary/aromatic N) is 1. The highest BCUT2D eigenvalue weighted by molar-refractivity contribution is 5.84. The second-order valence-corrected chi connectivity index (χ2v) is 4.78. The van der Waals surface area contributed by atoms with Crippen LogP contribution in [0.1, 0.15) is 30.5 Å². The maximum atomic E-state index is 11.9. The number of aliphatic hydroxyl groups is 1. The molecule has 3 rings (SSSR count). The van der Waals surface area contributed by atoms with Crippen LogP contribution in [0.25, 0.3) is 10.9 Å². The van der Waals surface area contributed by atoms with Crippen molar-refractivity contribution in [3.05, 3.63) is 35.5 Å². The first-order valence-electron chi connectivity index (χ1n) is 6.73. The number of aromatic nitrogens is 1. The SMILES string of the molecule is CCOC(=O)C1NC(O)c2cc3cc(OC)ccc3nc21. The molecule has 110 valence electrons. The number of hydrogen-bond acceptors (Lipinski definition) is 6. The fourth-order valence-corrected chi connectivity index (χ4v) is 2.49. The van der Waals surface area contributed by atoms with E-state index in [2.05, 4.69) is 10.3 Å². The van der Waals surface area contributed by atoms with Gasteiger partial charge in [0.2, 0.25) is 0 Å². The molecule has 2 unspecified atom stereocenters. The van der Waals surface area contributed by atoms with E-state index in [1.54, 1.807) is 20.1 Å². The average Bonchev–Trinajstić information content (AvgIpc) is 2.81. The number of pyridine rings is 1. The van der Waals surface area contributed by atoms with Crippen molar-refractivity contribution in [2.75, 3.05) is 13.7 Å². The lowest BCUT2D eigenvalue weighted by atomic mass is 10.1. The van der Waals surface area contributed by atoms with Gasteiger partial charge in [-0.2, -0.15) is 0 Å². The lowest BCUT2D eigenvalue weighted by Crippen LogP contribution is -2.26. The summed E-state index contributed by atoms with van der Waals surface area (Å²) in [5.74, 6) is 0.280. The summed E-state index contributed by atoms with van der Waals surface area (Å²) in [6.45, 7) is 2.03. The Morgan fingerprint density at radius 3 is 2.95 bits per heavy atom. The molecule has 21 heavy (non-hydrogen) atoms. The Kier molecular flexibility index (Phi) is 3.48. The van der Waals surface area contributed by atoms with Crippen LogP contribution < -0.4 is 10.1 Å². The van der Waals surface area contributed by atoms with E-state index in [0.717, 1.165) is 10.9 Å². The number of hydrogen-bond donors (Lipinski definition) is 2. The maximum Gasteiger partial charge on any atom is 0.329 e. The predicted molar refractivity (Wildman–Crippen MR) is 75.8 cm³/mol. The van der Waals surface area contributed by atoms with Crippen LogP contribution in [0.3, 0.4) is 0 Å². The van der Waals surface area contributed by atoms with Gasteiger partial charge in [-0.15, -0.1) is 0 Å². The number of carbonyl (C=O) groups excluding carboxylic acids is 1. The standard InChI is InChI=1S/C15H16N2O4/c1-3-21-15(19)13-12-10(14(18)17-13)7-8-6-9(20-2)4-5-11(8)16-12/h4-7,13-14,17-18H,3H2,1-2H3. The first kappa shape index (κ1) is 13.8. The minimum absolute atomic E-state index is 0.285. The summed E-state index contributed by atoms with van der Waals surface area (Å²) in [7, 11) is 1.59. The minimum atomic E-state index is -0.933. The van der Waals surface area contributed by atoms with Crippen molar-refractivity contribution in [2.24, 2.45) is 0 Å². The number of methoxy groups -OCH3 is 1. The highest BCUT2D eigenvalue weighted by Gasteiger charge is 2.36. The quantitative estimate of drug-likeness (QED) is 0.832. The number of carbonyl (C=O) groups is 1. The van der Waals surface area contributed by atoms with Gasteiger partial charge in [-0.25, -0.2) is 4.79 Å². The van der Waals surface area contributed by atoms with Crippen LogP contribution in [0.5, 0.6) is 5.75 Å². The third-order valence-electron chi connectivity index (χ3n) is 3.50. The third kappa shape index (κ3) is 2.32. The summed E-state index contributed by atoms with van der Waals surface area (Å²) in [4.78, 5) is 16.4. The van der Waals surface area contributed by atoms with Gasteiger partial charge in [0.15, 0.2) is 6.04 Å². The Morgan fingerprint density at radius 1 is 1.43 bits per heavy atom. The van der Waals surface area contributed by atoms with Gasteiger partial charge in [-0.3, -0.25) is 10.3 Å². The van der Waals surface area contributed by atoms with Gasteiger partial charge in [-0.05, 0) is 31.2 Å². The number of benzene rings is 1. The summed E-state index contributed by atoms with van der Waals surface area (Å²) in [6, 6.07) is 6.55. The molecule has 2 atom stereocenters. The molecule has 0 spiro atoms. The average molecular weight is 288 g/mol. The summed E-state index contributed by atoms with van der Waals surface area (Å²) < 4.78 is 10.2. The summed E-state index contributed by atoms with van der Waals surface area (Å²) in [5, 5.41) is 13.7. The monoisotopic (exact) mass is 288 g/mol. The van der Waals surface area contributed by atoms with Gasteiger partial charge in [0.25, 0.3) is 0 Å². The Labute approximate surface area is 121 Å². The van der Waals surface area contributed by atoms with Crippen molar-refractivity contribution in [2.45, 2.75) is 19.2 Å². The fourth-order valence-electron chi connectivity index (χ4n) is 2.49. The van der Waals surface area contributed by atoms with Gasteiger partial charge in [-0.1, -0.05) is 0 Å². The molecular weight excluding hydrogens is 272 g/mol. The van der Waals surface area contributed by atoms with E-state index < -0.39 is 18.2 Å². The van der Waals surface area contributed by atoms with E-state index in [4.69, 9.17) is 9.47 Å². The number of nitrogens with one attached hydrogen (secondary N) is 1. The fraction of sp³-hybridized carbons (Fsp3) is 0.333. The normalized spacial score (nSPS) is 20.3. The molecule has 1 aromatic carbocycles. The molecule has 1 aliphatic heterocycles. The smallest absolute Gasteiger partial charge is 0.329 e. The number of fused-ring (bicyclic) bond motifs is 2. The number of aliphatic hydroxyl groups excluding tert-OH is 1. The molecule has 6 nitrogen and oxygen atoms in total. The predicted octanol–water partition coefficient (Wildman–Crippen LogP) is 1.44. The first-order chi connectivity index (χ1) is 10.1. The van der Waals surface area contributed by atoms with E-state index in [1.165, 1.54) is 0 Å². The number of ether oxygens (including phenoxy) is 2. The zero-order valence-electron chi connectivity index (χ0n) is 11.8. The van der Waals surface area contributed by atoms with Crippen LogP contribution >= 0.6 is 0 Å². The zero-order chi connectivity index (χ0) is 15.0. The van der Waals surface area contributed by atoms with Gasteiger partial charge in [0.1, 0.15) is 12.0 Å². The van der Waals surface area contributed by atoms with Crippen molar-refractivity contribution in [3.8, 4) is 5.75 Å². The summed E-state index contributed by atoms with van der Waals surface area (Å²) >= 11 is 0. The molecule has 0 saturated carbocycles. The topological polar surface area (TPSA) is 80.7 Å². The molecule has 0 aliphatic carbocycles. The Morgan fingerprint density at radius 2 is 2.24 bits per heavy atom. The summed E-state index contributed by atoms with van der Waals surface area (Å²) in [6.07, 6.45) is -0.933. The van der Waals surface area contributed by atoms with Crippen LogP contribution in [0.15, 0.2) is 24.3 Å².